The van der Waals surface area contributed by atoms with Gasteiger partial charge in [0.05, 0.1) is 23.1 Å². The van der Waals surface area contributed by atoms with Crippen LogP contribution in [0.25, 0.3) is 0 Å². The molecule has 0 radical (unpaired) electrons. The fourth-order valence-corrected chi connectivity index (χ4v) is 4.91. The summed E-state index contributed by atoms with van der Waals surface area (Å²) < 4.78 is 10.6. The topological polar surface area (TPSA) is 80.1 Å². The van der Waals surface area contributed by atoms with Crippen molar-refractivity contribution in [2.45, 2.75) is 16.4 Å². The van der Waals surface area contributed by atoms with Crippen molar-refractivity contribution in [3.8, 4) is 0 Å². The second kappa shape index (κ2) is 10.1. The maximum absolute atomic E-state index is 13.7. The number of para-hydroxylation sites is 1. The Morgan fingerprint density at radius 1 is 0.944 bits per heavy atom. The van der Waals surface area contributed by atoms with Crippen molar-refractivity contribution in [2.24, 2.45) is 0 Å². The van der Waals surface area contributed by atoms with Gasteiger partial charge in [-0.25, -0.2) is 4.79 Å². The Balaban J connectivity index is 1.48. The number of esters is 1. The second-order valence-electron chi connectivity index (χ2n) is 8.12. The Morgan fingerprint density at radius 3 is 2.50 bits per heavy atom. The fraction of sp³-hybridized carbons (Fsp3) is 0.107. The van der Waals surface area contributed by atoms with E-state index in [1.807, 2.05) is 42.5 Å². The Bertz CT molecular complexity index is 1420. The van der Waals surface area contributed by atoms with Crippen LogP contribution in [0, 0.1) is 0 Å². The van der Waals surface area contributed by atoms with Crippen LogP contribution in [-0.4, -0.2) is 31.4 Å². The molecular formula is C28H22N2O5S. The average molecular weight is 499 g/mol. The lowest BCUT2D eigenvalue weighted by Crippen LogP contribution is -2.42. The first kappa shape index (κ1) is 23.4. The van der Waals surface area contributed by atoms with Crippen molar-refractivity contribution in [2.75, 3.05) is 23.4 Å². The van der Waals surface area contributed by atoms with Gasteiger partial charge < -0.3 is 14.1 Å². The highest BCUT2D eigenvalue weighted by atomic mass is 32.2. The third-order valence-electron chi connectivity index (χ3n) is 5.80. The Kier molecular flexibility index (Phi) is 6.60. The van der Waals surface area contributed by atoms with E-state index in [1.165, 1.54) is 27.8 Å². The quantitative estimate of drug-likeness (QED) is 0.331. The number of carbonyl (C=O) groups excluding carboxylic acids is 3. The van der Waals surface area contributed by atoms with Crippen LogP contribution < -0.4 is 9.80 Å². The fourth-order valence-electron chi connectivity index (χ4n) is 3.86. The lowest BCUT2D eigenvalue weighted by Gasteiger charge is -2.26. The monoisotopic (exact) mass is 498 g/mol. The maximum atomic E-state index is 13.7. The number of likely N-dealkylation sites (N-methyl/N-ethyl adjacent to an activating group) is 1. The van der Waals surface area contributed by atoms with Gasteiger partial charge >= 0.3 is 5.97 Å². The van der Waals surface area contributed by atoms with Crippen LogP contribution in [0.15, 0.2) is 105 Å². The largest absolute Gasteiger partial charge is 0.466 e. The molecule has 0 saturated heterocycles. The standard InChI is InChI=1S/C28H22N2O5S/c1-29(20-8-3-2-4-9-20)26(31)17-30-23-16-19(28(33)35-18-21-10-7-15-34-21)13-14-25(23)36-24-12-6-5-11-22(24)27(30)32/h2-16H,17-18H2,1H3. The van der Waals surface area contributed by atoms with E-state index in [1.54, 1.807) is 49.5 Å². The van der Waals surface area contributed by atoms with E-state index in [2.05, 4.69) is 0 Å². The van der Waals surface area contributed by atoms with Crippen LogP contribution in [0.5, 0.6) is 0 Å². The molecule has 0 atom stereocenters. The van der Waals surface area contributed by atoms with Crippen molar-refractivity contribution in [3.63, 3.8) is 0 Å². The number of fused-ring (bicyclic) bond motifs is 2. The van der Waals surface area contributed by atoms with Gasteiger partial charge in [-0.2, -0.15) is 0 Å². The highest BCUT2D eigenvalue weighted by Crippen LogP contribution is 2.42. The summed E-state index contributed by atoms with van der Waals surface area (Å²) in [5.74, 6) is -0.611. The van der Waals surface area contributed by atoms with Crippen LogP contribution in [0.2, 0.25) is 0 Å². The molecule has 3 aromatic carbocycles. The number of hydrogen-bond acceptors (Lipinski definition) is 6. The number of nitrogens with zero attached hydrogens (tertiary/aromatic N) is 2. The van der Waals surface area contributed by atoms with Gasteiger partial charge in [-0.15, -0.1) is 0 Å². The van der Waals surface area contributed by atoms with Crippen molar-refractivity contribution in [1.29, 1.82) is 0 Å². The van der Waals surface area contributed by atoms with Gasteiger partial charge in [-0.1, -0.05) is 42.1 Å². The summed E-state index contributed by atoms with van der Waals surface area (Å²) in [6.45, 7) is -0.205. The minimum atomic E-state index is -0.555. The summed E-state index contributed by atoms with van der Waals surface area (Å²) in [4.78, 5) is 44.2. The lowest BCUT2D eigenvalue weighted by molar-refractivity contribution is -0.117. The zero-order valence-corrected chi connectivity index (χ0v) is 20.2. The minimum Gasteiger partial charge on any atom is -0.466 e. The minimum absolute atomic E-state index is 0.00783. The number of benzene rings is 3. The van der Waals surface area contributed by atoms with E-state index >= 15 is 0 Å². The van der Waals surface area contributed by atoms with Gasteiger partial charge in [0.1, 0.15) is 18.9 Å². The van der Waals surface area contributed by atoms with Crippen molar-refractivity contribution in [3.05, 3.63) is 108 Å². The van der Waals surface area contributed by atoms with Gasteiger partial charge in [0.2, 0.25) is 5.91 Å². The average Bonchev–Trinajstić information content (AvgIpc) is 3.41. The van der Waals surface area contributed by atoms with E-state index in [0.717, 1.165) is 15.5 Å². The summed E-state index contributed by atoms with van der Waals surface area (Å²) in [5.41, 5.74) is 1.96. The molecule has 0 fully saturated rings. The van der Waals surface area contributed by atoms with Gasteiger partial charge in [0.15, 0.2) is 0 Å². The molecule has 1 aliphatic rings. The molecule has 8 heteroatoms. The number of carbonyl (C=O) groups is 3. The molecule has 0 N–H and O–H groups in total. The summed E-state index contributed by atoms with van der Waals surface area (Å²) in [6, 6.07) is 25.0. The van der Waals surface area contributed by atoms with E-state index in [-0.39, 0.29) is 30.5 Å². The van der Waals surface area contributed by atoms with Gasteiger partial charge in [0.25, 0.3) is 5.91 Å². The van der Waals surface area contributed by atoms with E-state index in [9.17, 15) is 14.4 Å². The Labute approximate surface area is 212 Å². The first-order valence-electron chi connectivity index (χ1n) is 11.2. The molecule has 1 aliphatic heterocycles. The van der Waals surface area contributed by atoms with Crippen LogP contribution >= 0.6 is 11.8 Å². The summed E-state index contributed by atoms with van der Waals surface area (Å²) >= 11 is 1.42. The highest BCUT2D eigenvalue weighted by molar-refractivity contribution is 7.99. The molecule has 0 unspecified atom stereocenters. The highest BCUT2D eigenvalue weighted by Gasteiger charge is 2.30. The molecule has 2 heterocycles. The molecule has 5 rings (SSSR count). The molecular weight excluding hydrogens is 476 g/mol. The van der Waals surface area contributed by atoms with E-state index in [0.29, 0.717) is 17.0 Å². The first-order valence-corrected chi connectivity index (χ1v) is 12.1. The zero-order valence-electron chi connectivity index (χ0n) is 19.4. The molecule has 2 amide bonds. The third-order valence-corrected chi connectivity index (χ3v) is 6.95. The molecule has 0 saturated carbocycles. The molecule has 180 valence electrons. The van der Waals surface area contributed by atoms with E-state index < -0.39 is 5.97 Å². The van der Waals surface area contributed by atoms with Crippen LogP contribution in [-0.2, 0) is 16.1 Å². The van der Waals surface area contributed by atoms with Gasteiger partial charge in [-0.05, 0) is 54.6 Å². The first-order chi connectivity index (χ1) is 17.5. The number of amides is 2. The summed E-state index contributed by atoms with van der Waals surface area (Å²) in [6.07, 6.45) is 1.51. The van der Waals surface area contributed by atoms with Crippen molar-refractivity contribution >= 4 is 40.9 Å². The van der Waals surface area contributed by atoms with Crippen molar-refractivity contribution in [1.82, 2.24) is 0 Å². The Morgan fingerprint density at radius 2 is 1.72 bits per heavy atom. The lowest BCUT2D eigenvalue weighted by atomic mass is 10.1. The zero-order chi connectivity index (χ0) is 25.1. The molecule has 36 heavy (non-hydrogen) atoms. The number of anilines is 2. The van der Waals surface area contributed by atoms with E-state index in [4.69, 9.17) is 9.15 Å². The molecule has 7 nitrogen and oxygen atoms in total. The number of ether oxygens (including phenoxy) is 1. The smallest absolute Gasteiger partial charge is 0.338 e. The number of furan rings is 1. The Hall–Kier alpha value is -4.30. The molecule has 1 aromatic heterocycles. The van der Waals surface area contributed by atoms with Crippen LogP contribution in [0.4, 0.5) is 11.4 Å². The summed E-state index contributed by atoms with van der Waals surface area (Å²) in [5, 5.41) is 0. The summed E-state index contributed by atoms with van der Waals surface area (Å²) in [7, 11) is 1.67. The molecule has 0 aliphatic carbocycles. The number of rotatable bonds is 6. The molecule has 0 bridgehead atoms. The third kappa shape index (κ3) is 4.76. The second-order valence-corrected chi connectivity index (χ2v) is 9.20. The van der Waals surface area contributed by atoms with Crippen LogP contribution in [0.3, 0.4) is 0 Å². The molecule has 0 spiro atoms. The predicted molar refractivity (Wildman–Crippen MR) is 136 cm³/mol. The van der Waals surface area contributed by atoms with Crippen LogP contribution in [0.1, 0.15) is 26.5 Å². The SMILES string of the molecule is CN(C(=O)CN1C(=O)c2ccccc2Sc2ccc(C(=O)OCc3ccco3)cc21)c1ccccc1. The maximum Gasteiger partial charge on any atom is 0.338 e. The van der Waals surface area contributed by atoms with Gasteiger partial charge in [-0.3, -0.25) is 14.5 Å². The van der Waals surface area contributed by atoms with Gasteiger partial charge in [0, 0.05) is 22.5 Å². The normalized spacial score (nSPS) is 12.4. The van der Waals surface area contributed by atoms with Crippen molar-refractivity contribution < 1.29 is 23.5 Å². The molecule has 4 aromatic rings. The number of hydrogen-bond donors (Lipinski definition) is 0. The predicted octanol–water partition coefficient (Wildman–Crippen LogP) is 5.41.